The van der Waals surface area contributed by atoms with Crippen LogP contribution in [-0.4, -0.2) is 28.0 Å². The molecule has 1 saturated carbocycles. The monoisotopic (exact) mass is 396 g/mol. The van der Waals surface area contributed by atoms with Gasteiger partial charge < -0.3 is 14.8 Å². The highest BCUT2D eigenvalue weighted by Gasteiger charge is 2.28. The quantitative estimate of drug-likeness (QED) is 0.801. The van der Waals surface area contributed by atoms with E-state index >= 15 is 0 Å². The predicted octanol–water partition coefficient (Wildman–Crippen LogP) is 4.33. The average molecular weight is 397 g/mol. The lowest BCUT2D eigenvalue weighted by atomic mass is 9.86. The Morgan fingerprint density at radius 2 is 1.88 bits per heavy atom. The van der Waals surface area contributed by atoms with Crippen molar-refractivity contribution in [2.75, 3.05) is 0 Å². The van der Waals surface area contributed by atoms with Crippen LogP contribution in [0.25, 0.3) is 11.5 Å². The topological polar surface area (TPSA) is 92.4 Å². The number of amides is 1. The van der Waals surface area contributed by atoms with Gasteiger partial charge in [0.05, 0.1) is 16.0 Å². The number of aryl methyl sites for hydroxylation is 1. The summed E-state index contributed by atoms with van der Waals surface area (Å²) in [6.45, 7) is 1.67. The zero-order valence-electron chi connectivity index (χ0n) is 14.1. The van der Waals surface area contributed by atoms with Crippen LogP contribution in [0, 0.1) is 12.8 Å². The van der Waals surface area contributed by atoms with E-state index in [0.717, 1.165) is 0 Å². The molecule has 1 amide bonds. The molecule has 0 atom stereocenters. The molecule has 0 unspecified atom stereocenters. The fraction of sp³-hybridized carbons (Fsp3) is 0.389. The Morgan fingerprint density at radius 1 is 1.19 bits per heavy atom. The minimum atomic E-state index is -0.770. The van der Waals surface area contributed by atoms with Crippen LogP contribution in [-0.2, 0) is 4.79 Å². The van der Waals surface area contributed by atoms with Gasteiger partial charge in [-0.2, -0.15) is 0 Å². The SMILES string of the molecule is Cc1oc(-c2ccc(Cl)c(Cl)c2)nc1C(=O)NC1CCC(C(=O)O)CC1. The predicted molar refractivity (Wildman–Crippen MR) is 97.5 cm³/mol. The van der Waals surface area contributed by atoms with E-state index in [1.165, 1.54) is 0 Å². The summed E-state index contributed by atoms with van der Waals surface area (Å²) in [7, 11) is 0. The number of benzene rings is 1. The number of carbonyl (C=O) groups excluding carboxylic acids is 1. The third-order valence-corrected chi connectivity index (χ3v) is 5.33. The molecule has 1 aliphatic carbocycles. The molecule has 138 valence electrons. The van der Waals surface area contributed by atoms with E-state index in [4.69, 9.17) is 32.7 Å². The van der Waals surface area contributed by atoms with E-state index in [1.807, 2.05) is 0 Å². The van der Waals surface area contributed by atoms with Gasteiger partial charge in [0.1, 0.15) is 5.76 Å². The standard InChI is InChI=1S/C18H18Cl2N2O4/c1-9-15(16(23)21-12-5-2-10(3-6-12)18(24)25)22-17(26-9)11-4-7-13(19)14(20)8-11/h4,7-8,10,12H,2-3,5-6H2,1H3,(H,21,23)(H,24,25). The number of rotatable bonds is 4. The maximum atomic E-state index is 12.5. The number of halogens is 2. The first-order valence-electron chi connectivity index (χ1n) is 8.31. The van der Waals surface area contributed by atoms with Crippen molar-refractivity contribution in [1.29, 1.82) is 0 Å². The first-order valence-corrected chi connectivity index (χ1v) is 9.07. The molecular weight excluding hydrogens is 379 g/mol. The number of nitrogens with zero attached hydrogens (tertiary/aromatic N) is 1. The van der Waals surface area contributed by atoms with Gasteiger partial charge in [-0.25, -0.2) is 4.98 Å². The normalized spacial score (nSPS) is 20.0. The van der Waals surface area contributed by atoms with E-state index in [1.54, 1.807) is 25.1 Å². The van der Waals surface area contributed by atoms with Crippen LogP contribution in [0.4, 0.5) is 0 Å². The minimum absolute atomic E-state index is 0.0531. The number of hydrogen-bond donors (Lipinski definition) is 2. The Balaban J connectivity index is 1.70. The van der Waals surface area contributed by atoms with Crippen molar-refractivity contribution in [2.24, 2.45) is 5.92 Å². The number of carboxylic acids is 1. The van der Waals surface area contributed by atoms with Gasteiger partial charge in [-0.3, -0.25) is 9.59 Å². The lowest BCUT2D eigenvalue weighted by Gasteiger charge is -2.26. The van der Waals surface area contributed by atoms with Crippen molar-refractivity contribution in [3.8, 4) is 11.5 Å². The number of aliphatic carboxylic acids is 1. The van der Waals surface area contributed by atoms with E-state index in [9.17, 15) is 9.59 Å². The van der Waals surface area contributed by atoms with E-state index < -0.39 is 5.97 Å². The Labute approximate surface area is 160 Å². The van der Waals surface area contributed by atoms with Crippen LogP contribution < -0.4 is 5.32 Å². The molecule has 1 heterocycles. The fourth-order valence-corrected chi connectivity index (χ4v) is 3.40. The highest BCUT2D eigenvalue weighted by Crippen LogP contribution is 2.29. The molecule has 0 spiro atoms. The molecule has 8 heteroatoms. The van der Waals surface area contributed by atoms with Gasteiger partial charge in [-0.15, -0.1) is 0 Å². The molecule has 1 fully saturated rings. The summed E-state index contributed by atoms with van der Waals surface area (Å²) >= 11 is 11.9. The zero-order valence-corrected chi connectivity index (χ0v) is 15.6. The third kappa shape index (κ3) is 4.02. The van der Waals surface area contributed by atoms with Gasteiger partial charge in [0.15, 0.2) is 5.69 Å². The highest BCUT2D eigenvalue weighted by molar-refractivity contribution is 6.42. The van der Waals surface area contributed by atoms with Gasteiger partial charge >= 0.3 is 5.97 Å². The molecule has 0 radical (unpaired) electrons. The largest absolute Gasteiger partial charge is 0.481 e. The molecular formula is C18H18Cl2N2O4. The number of carbonyl (C=O) groups is 2. The van der Waals surface area contributed by atoms with Crippen molar-refractivity contribution in [3.63, 3.8) is 0 Å². The molecule has 1 aliphatic rings. The fourth-order valence-electron chi connectivity index (χ4n) is 3.10. The molecule has 6 nitrogen and oxygen atoms in total. The van der Waals surface area contributed by atoms with Crippen LogP contribution in [0.2, 0.25) is 10.0 Å². The first-order chi connectivity index (χ1) is 12.3. The van der Waals surface area contributed by atoms with Crippen molar-refractivity contribution in [2.45, 2.75) is 38.6 Å². The lowest BCUT2D eigenvalue weighted by molar-refractivity contribution is -0.142. The van der Waals surface area contributed by atoms with Crippen molar-refractivity contribution in [1.82, 2.24) is 10.3 Å². The summed E-state index contributed by atoms with van der Waals surface area (Å²) in [6, 6.07) is 4.93. The molecule has 26 heavy (non-hydrogen) atoms. The summed E-state index contributed by atoms with van der Waals surface area (Å²) in [5, 5.41) is 12.8. The van der Waals surface area contributed by atoms with Gasteiger partial charge in [0.2, 0.25) is 5.89 Å². The van der Waals surface area contributed by atoms with Crippen molar-refractivity contribution in [3.05, 3.63) is 39.7 Å². The van der Waals surface area contributed by atoms with Gasteiger partial charge in [-0.05, 0) is 50.8 Å². The number of hydrogen-bond acceptors (Lipinski definition) is 4. The average Bonchev–Trinajstić information content (AvgIpc) is 2.99. The number of aromatic nitrogens is 1. The highest BCUT2D eigenvalue weighted by atomic mass is 35.5. The van der Waals surface area contributed by atoms with Crippen LogP contribution in [0.5, 0.6) is 0 Å². The summed E-state index contributed by atoms with van der Waals surface area (Å²) in [6.07, 6.45) is 2.40. The Kier molecular flexibility index (Phi) is 5.53. The van der Waals surface area contributed by atoms with Crippen LogP contribution in [0.1, 0.15) is 41.9 Å². The number of carboxylic acid groups (broad SMARTS) is 1. The zero-order chi connectivity index (χ0) is 18.8. The summed E-state index contributed by atoms with van der Waals surface area (Å²) < 4.78 is 5.60. The molecule has 2 N–H and O–H groups in total. The first kappa shape index (κ1) is 18.7. The number of nitrogens with one attached hydrogen (secondary N) is 1. The maximum Gasteiger partial charge on any atom is 0.306 e. The molecule has 3 rings (SSSR count). The molecule has 0 bridgehead atoms. The molecule has 2 aromatic rings. The second-order valence-electron chi connectivity index (χ2n) is 6.41. The van der Waals surface area contributed by atoms with E-state index in [-0.39, 0.29) is 23.6 Å². The third-order valence-electron chi connectivity index (χ3n) is 4.59. The van der Waals surface area contributed by atoms with Crippen LogP contribution in [0.3, 0.4) is 0 Å². The Bertz CT molecular complexity index is 842. The number of oxazole rings is 1. The molecule has 0 aliphatic heterocycles. The van der Waals surface area contributed by atoms with Crippen molar-refractivity contribution >= 4 is 35.1 Å². The molecule has 1 aromatic carbocycles. The molecule has 1 aromatic heterocycles. The van der Waals surface area contributed by atoms with Crippen LogP contribution in [0.15, 0.2) is 22.6 Å². The van der Waals surface area contributed by atoms with Crippen LogP contribution >= 0.6 is 23.2 Å². The summed E-state index contributed by atoms with van der Waals surface area (Å²) in [5.41, 5.74) is 0.843. The summed E-state index contributed by atoms with van der Waals surface area (Å²) in [4.78, 5) is 27.8. The van der Waals surface area contributed by atoms with Gasteiger partial charge in [0.25, 0.3) is 5.91 Å². The van der Waals surface area contributed by atoms with E-state index in [2.05, 4.69) is 10.3 Å². The second-order valence-corrected chi connectivity index (χ2v) is 7.23. The smallest absolute Gasteiger partial charge is 0.306 e. The maximum absolute atomic E-state index is 12.5. The minimum Gasteiger partial charge on any atom is -0.481 e. The Hall–Kier alpha value is -2.05. The van der Waals surface area contributed by atoms with E-state index in [0.29, 0.717) is 52.9 Å². The summed E-state index contributed by atoms with van der Waals surface area (Å²) in [5.74, 6) is -0.716. The second kappa shape index (κ2) is 7.68. The van der Waals surface area contributed by atoms with Gasteiger partial charge in [0, 0.05) is 11.6 Å². The Morgan fingerprint density at radius 3 is 2.50 bits per heavy atom. The molecule has 0 saturated heterocycles. The van der Waals surface area contributed by atoms with Gasteiger partial charge in [-0.1, -0.05) is 23.2 Å². The van der Waals surface area contributed by atoms with Crippen molar-refractivity contribution < 1.29 is 19.1 Å². The lowest BCUT2D eigenvalue weighted by Crippen LogP contribution is -2.39.